The topological polar surface area (TPSA) is 48.0 Å². The second-order valence-electron chi connectivity index (χ2n) is 6.66. The van der Waals surface area contributed by atoms with E-state index in [4.69, 9.17) is 14.2 Å². The lowest BCUT2D eigenvalue weighted by Crippen LogP contribution is -2.59. The Balaban J connectivity index is 2.70. The van der Waals surface area contributed by atoms with Crippen LogP contribution in [-0.2, 0) is 19.0 Å². The Morgan fingerprint density at radius 1 is 0.958 bits per heavy atom. The molecule has 142 valence electrons. The van der Waals surface area contributed by atoms with Crippen molar-refractivity contribution in [3.63, 3.8) is 0 Å². The maximum Gasteiger partial charge on any atom is 0.225 e. The number of carbonyl (C=O) groups excluding carboxylic acids is 1. The van der Waals surface area contributed by atoms with Crippen molar-refractivity contribution in [2.75, 3.05) is 33.5 Å². The van der Waals surface area contributed by atoms with Crippen LogP contribution in [0.3, 0.4) is 0 Å². The van der Waals surface area contributed by atoms with Crippen molar-refractivity contribution in [1.82, 2.24) is 4.90 Å². The van der Waals surface area contributed by atoms with Crippen LogP contribution < -0.4 is 0 Å². The number of hydrogen-bond donors (Lipinski definition) is 0. The predicted octanol–water partition coefficient (Wildman–Crippen LogP) is 3.40. The molecule has 0 aromatic heterocycles. The molecule has 1 aliphatic rings. The molecule has 0 spiro atoms. The Hall–Kier alpha value is -0.650. The number of rotatable bonds is 13. The zero-order chi connectivity index (χ0) is 17.8. The van der Waals surface area contributed by atoms with E-state index >= 15 is 0 Å². The second kappa shape index (κ2) is 12.7. The lowest BCUT2D eigenvalue weighted by atomic mass is 9.95. The molecule has 1 saturated heterocycles. The van der Waals surface area contributed by atoms with Crippen LogP contribution in [0.5, 0.6) is 0 Å². The number of amides is 1. The zero-order valence-electron chi connectivity index (χ0n) is 16.1. The first-order valence-corrected chi connectivity index (χ1v) is 9.72. The maximum absolute atomic E-state index is 12.3. The Labute approximate surface area is 148 Å². The van der Waals surface area contributed by atoms with Crippen molar-refractivity contribution >= 4 is 5.91 Å². The minimum atomic E-state index is -0.156. The summed E-state index contributed by atoms with van der Waals surface area (Å²) in [6.45, 7) is 9.10. The number of likely N-dealkylation sites (N-methyl/N-ethyl adjacent to an activating group) is 1. The summed E-state index contributed by atoms with van der Waals surface area (Å²) in [5.74, 6) is 0.121. The summed E-state index contributed by atoms with van der Waals surface area (Å²) in [6, 6.07) is -0.0633. The van der Waals surface area contributed by atoms with E-state index in [1.165, 1.54) is 0 Å². The monoisotopic (exact) mass is 343 g/mol. The van der Waals surface area contributed by atoms with Gasteiger partial charge in [0.25, 0.3) is 0 Å². The van der Waals surface area contributed by atoms with Gasteiger partial charge < -0.3 is 19.1 Å². The second-order valence-corrected chi connectivity index (χ2v) is 6.66. The minimum absolute atomic E-state index is 0.0633. The number of likely N-dealkylation sites (tertiary alicyclic amines) is 1. The highest BCUT2D eigenvalue weighted by Crippen LogP contribution is 2.24. The van der Waals surface area contributed by atoms with E-state index in [0.717, 1.165) is 45.1 Å². The SMILES string of the molecule is CCCCOCC1C(OCCCC)C(OCCCC)CC(=O)N1C. The van der Waals surface area contributed by atoms with Gasteiger partial charge in [-0.25, -0.2) is 0 Å². The fraction of sp³-hybridized carbons (Fsp3) is 0.947. The van der Waals surface area contributed by atoms with E-state index in [1.807, 2.05) is 7.05 Å². The molecule has 0 bridgehead atoms. The molecule has 1 rings (SSSR count). The number of hydrogen-bond acceptors (Lipinski definition) is 4. The normalized spacial score (nSPS) is 24.6. The highest BCUT2D eigenvalue weighted by molar-refractivity contribution is 5.78. The van der Waals surface area contributed by atoms with Crippen molar-refractivity contribution in [2.24, 2.45) is 0 Å². The van der Waals surface area contributed by atoms with Crippen molar-refractivity contribution in [1.29, 1.82) is 0 Å². The van der Waals surface area contributed by atoms with Gasteiger partial charge in [-0.1, -0.05) is 40.0 Å². The standard InChI is InChI=1S/C19H37NO4/c1-5-8-11-22-15-16-19(24-13-10-7-3)17(23-12-9-6-2)14-18(21)20(16)4/h16-17,19H,5-15H2,1-4H3. The molecule has 0 aromatic rings. The molecule has 1 aliphatic heterocycles. The number of ether oxygens (including phenoxy) is 3. The molecule has 1 heterocycles. The highest BCUT2D eigenvalue weighted by Gasteiger charge is 2.42. The molecule has 5 nitrogen and oxygen atoms in total. The van der Waals surface area contributed by atoms with Crippen LogP contribution in [0.2, 0.25) is 0 Å². The third-order valence-electron chi connectivity index (χ3n) is 4.58. The molecular formula is C19H37NO4. The van der Waals surface area contributed by atoms with Gasteiger partial charge in [0.1, 0.15) is 6.10 Å². The average molecular weight is 344 g/mol. The summed E-state index contributed by atoms with van der Waals surface area (Å²) >= 11 is 0. The zero-order valence-corrected chi connectivity index (χ0v) is 16.1. The summed E-state index contributed by atoms with van der Waals surface area (Å²) < 4.78 is 18.0. The van der Waals surface area contributed by atoms with Gasteiger partial charge >= 0.3 is 0 Å². The van der Waals surface area contributed by atoms with Gasteiger partial charge in [-0.05, 0) is 19.3 Å². The first-order valence-electron chi connectivity index (χ1n) is 9.72. The molecule has 1 fully saturated rings. The lowest BCUT2D eigenvalue weighted by Gasteiger charge is -2.43. The van der Waals surface area contributed by atoms with Gasteiger partial charge in [-0.2, -0.15) is 0 Å². The smallest absolute Gasteiger partial charge is 0.225 e. The fourth-order valence-electron chi connectivity index (χ4n) is 2.86. The Bertz CT molecular complexity index is 337. The van der Waals surface area contributed by atoms with E-state index in [0.29, 0.717) is 26.2 Å². The third kappa shape index (κ3) is 7.08. The first-order chi connectivity index (χ1) is 11.7. The molecule has 0 saturated carbocycles. The van der Waals surface area contributed by atoms with Crippen LogP contribution in [0.4, 0.5) is 0 Å². The quantitative estimate of drug-likeness (QED) is 0.481. The number of piperidine rings is 1. The average Bonchev–Trinajstić information content (AvgIpc) is 2.57. The molecule has 0 N–H and O–H groups in total. The van der Waals surface area contributed by atoms with Crippen LogP contribution in [0.1, 0.15) is 65.7 Å². The third-order valence-corrected chi connectivity index (χ3v) is 4.58. The van der Waals surface area contributed by atoms with Crippen LogP contribution >= 0.6 is 0 Å². The molecule has 5 heteroatoms. The summed E-state index contributed by atoms with van der Waals surface area (Å²) in [5, 5.41) is 0. The van der Waals surface area contributed by atoms with E-state index in [2.05, 4.69) is 20.8 Å². The van der Waals surface area contributed by atoms with Gasteiger partial charge in [0.05, 0.1) is 25.2 Å². The summed E-state index contributed by atoms with van der Waals surface area (Å²) in [4.78, 5) is 14.1. The summed E-state index contributed by atoms with van der Waals surface area (Å²) in [5.41, 5.74) is 0. The lowest BCUT2D eigenvalue weighted by molar-refractivity contribution is -0.169. The molecule has 0 aromatic carbocycles. The van der Waals surface area contributed by atoms with Crippen LogP contribution in [0.15, 0.2) is 0 Å². The van der Waals surface area contributed by atoms with E-state index in [-0.39, 0.29) is 24.2 Å². The van der Waals surface area contributed by atoms with Crippen molar-refractivity contribution in [2.45, 2.75) is 84.0 Å². The largest absolute Gasteiger partial charge is 0.379 e. The fourth-order valence-corrected chi connectivity index (χ4v) is 2.86. The van der Waals surface area contributed by atoms with Crippen LogP contribution in [0.25, 0.3) is 0 Å². The van der Waals surface area contributed by atoms with Crippen LogP contribution in [-0.4, -0.2) is 62.5 Å². The molecule has 0 aliphatic carbocycles. The number of nitrogens with zero attached hydrogens (tertiary/aromatic N) is 1. The molecule has 24 heavy (non-hydrogen) atoms. The van der Waals surface area contributed by atoms with Crippen molar-refractivity contribution in [3.05, 3.63) is 0 Å². The van der Waals surface area contributed by atoms with Gasteiger partial charge in [0.15, 0.2) is 0 Å². The highest BCUT2D eigenvalue weighted by atomic mass is 16.5. The Kier molecular flexibility index (Phi) is 11.3. The van der Waals surface area contributed by atoms with Gasteiger partial charge in [-0.3, -0.25) is 4.79 Å². The minimum Gasteiger partial charge on any atom is -0.379 e. The predicted molar refractivity (Wildman–Crippen MR) is 96.2 cm³/mol. The molecule has 3 atom stereocenters. The van der Waals surface area contributed by atoms with Crippen LogP contribution in [0, 0.1) is 0 Å². The molecular weight excluding hydrogens is 306 g/mol. The molecule has 0 radical (unpaired) electrons. The summed E-state index contributed by atoms with van der Waals surface area (Å²) in [7, 11) is 1.86. The van der Waals surface area contributed by atoms with E-state index in [9.17, 15) is 4.79 Å². The number of carbonyl (C=O) groups is 1. The van der Waals surface area contributed by atoms with Crippen molar-refractivity contribution in [3.8, 4) is 0 Å². The first kappa shape index (κ1) is 21.4. The van der Waals surface area contributed by atoms with Gasteiger partial charge in [-0.15, -0.1) is 0 Å². The maximum atomic E-state index is 12.3. The Morgan fingerprint density at radius 3 is 2.17 bits per heavy atom. The Morgan fingerprint density at radius 2 is 1.54 bits per heavy atom. The molecule has 1 amide bonds. The van der Waals surface area contributed by atoms with Gasteiger partial charge in [0, 0.05) is 26.9 Å². The van der Waals surface area contributed by atoms with Gasteiger partial charge in [0.2, 0.25) is 5.91 Å². The molecule has 3 unspecified atom stereocenters. The summed E-state index contributed by atoms with van der Waals surface area (Å²) in [6.07, 6.45) is 6.53. The number of unbranched alkanes of at least 4 members (excludes halogenated alkanes) is 3. The van der Waals surface area contributed by atoms with Crippen molar-refractivity contribution < 1.29 is 19.0 Å². The van der Waals surface area contributed by atoms with E-state index in [1.54, 1.807) is 4.90 Å². The van der Waals surface area contributed by atoms with E-state index < -0.39 is 0 Å².